The molecule has 0 fully saturated rings. The standard InChI is InChI=1S/C23H20N2O7S/c1-24(33(29,30)22-13-11-20(31-2)12-14-22)18-7-9-21(10-8-18)32-23(26)15-6-17-4-3-5-19(16-17)25(27)28/h3-16H,1-2H3. The molecule has 0 unspecified atom stereocenters. The lowest BCUT2D eigenvalue weighted by molar-refractivity contribution is -0.384. The summed E-state index contributed by atoms with van der Waals surface area (Å²) in [5.41, 5.74) is 0.759. The van der Waals surface area contributed by atoms with Gasteiger partial charge in [-0.2, -0.15) is 0 Å². The van der Waals surface area contributed by atoms with Gasteiger partial charge in [0.25, 0.3) is 15.7 Å². The van der Waals surface area contributed by atoms with Gasteiger partial charge >= 0.3 is 5.97 Å². The second-order valence-corrected chi connectivity index (χ2v) is 8.72. The van der Waals surface area contributed by atoms with Crippen molar-refractivity contribution in [1.82, 2.24) is 0 Å². The molecule has 0 aliphatic carbocycles. The van der Waals surface area contributed by atoms with Crippen LogP contribution in [0.3, 0.4) is 0 Å². The highest BCUT2D eigenvalue weighted by Gasteiger charge is 2.21. The molecule has 33 heavy (non-hydrogen) atoms. The van der Waals surface area contributed by atoms with Gasteiger partial charge in [0.2, 0.25) is 0 Å². The summed E-state index contributed by atoms with van der Waals surface area (Å²) in [6, 6.07) is 17.8. The molecule has 0 aromatic heterocycles. The Labute approximate surface area is 190 Å². The summed E-state index contributed by atoms with van der Waals surface area (Å²) in [6.45, 7) is 0. The minimum atomic E-state index is -3.79. The molecule has 0 amide bonds. The van der Waals surface area contributed by atoms with Crippen LogP contribution in [0.1, 0.15) is 5.56 Å². The monoisotopic (exact) mass is 468 g/mol. The van der Waals surface area contributed by atoms with Gasteiger partial charge in [0, 0.05) is 25.3 Å². The van der Waals surface area contributed by atoms with E-state index in [0.717, 1.165) is 10.4 Å². The summed E-state index contributed by atoms with van der Waals surface area (Å²) in [5.74, 6) is 0.0680. The van der Waals surface area contributed by atoms with Crippen molar-refractivity contribution in [2.75, 3.05) is 18.5 Å². The Hall–Kier alpha value is -4.18. The number of nitro groups is 1. The summed E-state index contributed by atoms with van der Waals surface area (Å²) in [4.78, 5) is 22.5. The van der Waals surface area contributed by atoms with Crippen LogP contribution in [-0.4, -0.2) is 33.5 Å². The normalized spacial score (nSPS) is 11.2. The van der Waals surface area contributed by atoms with Gasteiger partial charge < -0.3 is 9.47 Å². The highest BCUT2D eigenvalue weighted by Crippen LogP contribution is 2.25. The molecular formula is C23H20N2O7S. The average molecular weight is 468 g/mol. The summed E-state index contributed by atoms with van der Waals surface area (Å²) in [7, 11) is -0.878. The van der Waals surface area contributed by atoms with Crippen LogP contribution in [0.5, 0.6) is 11.5 Å². The number of nitro benzene ring substituents is 1. The molecule has 9 nitrogen and oxygen atoms in total. The molecule has 0 aliphatic heterocycles. The van der Waals surface area contributed by atoms with Gasteiger partial charge in [0.15, 0.2) is 0 Å². The smallest absolute Gasteiger partial charge is 0.336 e. The lowest BCUT2D eigenvalue weighted by Gasteiger charge is -2.20. The molecule has 0 saturated carbocycles. The third-order valence-electron chi connectivity index (χ3n) is 4.63. The summed E-state index contributed by atoms with van der Waals surface area (Å²) < 4.78 is 37.0. The van der Waals surface area contributed by atoms with Crippen molar-refractivity contribution in [3.05, 3.63) is 94.6 Å². The third-order valence-corrected chi connectivity index (χ3v) is 6.43. The highest BCUT2D eigenvalue weighted by atomic mass is 32.2. The van der Waals surface area contributed by atoms with Crippen LogP contribution < -0.4 is 13.8 Å². The summed E-state index contributed by atoms with van der Waals surface area (Å²) in [5, 5.41) is 10.8. The Morgan fingerprint density at radius 3 is 2.24 bits per heavy atom. The predicted molar refractivity (Wildman–Crippen MR) is 123 cm³/mol. The zero-order valence-electron chi connectivity index (χ0n) is 17.7. The van der Waals surface area contributed by atoms with Crippen LogP contribution in [-0.2, 0) is 14.8 Å². The average Bonchev–Trinajstić information content (AvgIpc) is 2.83. The van der Waals surface area contributed by atoms with Crippen molar-refractivity contribution in [3.8, 4) is 11.5 Å². The molecule has 3 aromatic carbocycles. The predicted octanol–water partition coefficient (Wildman–Crippen LogP) is 4.05. The van der Waals surface area contributed by atoms with Gasteiger partial charge in [0.05, 0.1) is 22.6 Å². The maximum atomic E-state index is 12.8. The van der Waals surface area contributed by atoms with E-state index < -0.39 is 20.9 Å². The second-order valence-electron chi connectivity index (χ2n) is 6.75. The number of benzene rings is 3. The number of anilines is 1. The van der Waals surface area contributed by atoms with E-state index in [4.69, 9.17) is 9.47 Å². The Morgan fingerprint density at radius 2 is 1.64 bits per heavy atom. The number of esters is 1. The molecule has 10 heteroatoms. The van der Waals surface area contributed by atoms with Crippen molar-refractivity contribution in [1.29, 1.82) is 0 Å². The number of non-ortho nitro benzene ring substituents is 1. The second kappa shape index (κ2) is 9.96. The molecule has 0 N–H and O–H groups in total. The van der Waals surface area contributed by atoms with E-state index in [1.165, 1.54) is 74.8 Å². The molecule has 0 saturated heterocycles. The minimum absolute atomic E-state index is 0.0881. The first-order chi connectivity index (χ1) is 15.7. The zero-order chi connectivity index (χ0) is 24.0. The number of sulfonamides is 1. The first-order valence-corrected chi connectivity index (χ1v) is 11.0. The van der Waals surface area contributed by atoms with Gasteiger partial charge in [-0.05, 0) is 60.2 Å². The van der Waals surface area contributed by atoms with E-state index in [1.807, 2.05) is 0 Å². The topological polar surface area (TPSA) is 116 Å². The van der Waals surface area contributed by atoms with Gasteiger partial charge in [-0.1, -0.05) is 12.1 Å². The molecule has 170 valence electrons. The fourth-order valence-corrected chi connectivity index (χ4v) is 4.02. The van der Waals surface area contributed by atoms with Crippen molar-refractivity contribution in [2.45, 2.75) is 4.90 Å². The number of carbonyl (C=O) groups excluding carboxylic acids is 1. The number of hydrogen-bond donors (Lipinski definition) is 0. The van der Waals surface area contributed by atoms with E-state index in [-0.39, 0.29) is 16.3 Å². The van der Waals surface area contributed by atoms with Gasteiger partial charge in [0.1, 0.15) is 11.5 Å². The molecule has 0 spiro atoms. The SMILES string of the molecule is COc1ccc(S(=O)(=O)N(C)c2ccc(OC(=O)C=Cc3cccc([N+](=O)[O-])c3)cc2)cc1. The Morgan fingerprint density at radius 1 is 1.00 bits per heavy atom. The first-order valence-electron chi connectivity index (χ1n) is 9.58. The summed E-state index contributed by atoms with van der Waals surface area (Å²) in [6.07, 6.45) is 2.55. The first kappa shape index (κ1) is 23.5. The molecular weight excluding hydrogens is 448 g/mol. The number of carbonyl (C=O) groups is 1. The van der Waals surface area contributed by atoms with Crippen LogP contribution in [0.15, 0.2) is 83.8 Å². The van der Waals surface area contributed by atoms with Crippen molar-refractivity contribution >= 4 is 33.4 Å². The fourth-order valence-electron chi connectivity index (χ4n) is 2.83. The molecule has 3 aromatic rings. The Balaban J connectivity index is 1.67. The molecule has 3 rings (SSSR count). The number of nitrogens with zero attached hydrogens (tertiary/aromatic N) is 2. The molecule has 0 atom stereocenters. The van der Waals surface area contributed by atoms with E-state index in [9.17, 15) is 23.3 Å². The van der Waals surface area contributed by atoms with Crippen molar-refractivity contribution in [3.63, 3.8) is 0 Å². The maximum Gasteiger partial charge on any atom is 0.336 e. The quantitative estimate of drug-likeness (QED) is 0.161. The van der Waals surface area contributed by atoms with Crippen molar-refractivity contribution < 1.29 is 27.6 Å². The molecule has 0 radical (unpaired) electrons. The van der Waals surface area contributed by atoms with E-state index >= 15 is 0 Å². The number of hydrogen-bond acceptors (Lipinski definition) is 7. The van der Waals surface area contributed by atoms with Gasteiger partial charge in [-0.25, -0.2) is 13.2 Å². The maximum absolute atomic E-state index is 12.8. The van der Waals surface area contributed by atoms with E-state index in [2.05, 4.69) is 0 Å². The summed E-state index contributed by atoms with van der Waals surface area (Å²) >= 11 is 0. The van der Waals surface area contributed by atoms with Crippen LogP contribution >= 0.6 is 0 Å². The molecule has 0 heterocycles. The number of ether oxygens (including phenoxy) is 2. The number of methoxy groups -OCH3 is 1. The zero-order valence-corrected chi connectivity index (χ0v) is 18.6. The Bertz CT molecular complexity index is 1290. The lowest BCUT2D eigenvalue weighted by atomic mass is 10.2. The van der Waals surface area contributed by atoms with Crippen LogP contribution in [0, 0.1) is 10.1 Å². The van der Waals surface area contributed by atoms with Crippen LogP contribution in [0.2, 0.25) is 0 Å². The fraction of sp³-hybridized carbons (Fsp3) is 0.0870. The van der Waals surface area contributed by atoms with Gasteiger partial charge in [-0.3, -0.25) is 14.4 Å². The third kappa shape index (κ3) is 5.74. The number of rotatable bonds is 8. The van der Waals surface area contributed by atoms with Gasteiger partial charge in [-0.15, -0.1) is 0 Å². The lowest BCUT2D eigenvalue weighted by Crippen LogP contribution is -2.26. The Kier molecular flexibility index (Phi) is 7.09. The molecule has 0 bridgehead atoms. The largest absolute Gasteiger partial charge is 0.497 e. The minimum Gasteiger partial charge on any atom is -0.497 e. The van der Waals surface area contributed by atoms with Crippen molar-refractivity contribution in [2.24, 2.45) is 0 Å². The van der Waals surface area contributed by atoms with Crippen LogP contribution in [0.25, 0.3) is 6.08 Å². The van der Waals surface area contributed by atoms with E-state index in [0.29, 0.717) is 17.0 Å². The van der Waals surface area contributed by atoms with Crippen LogP contribution in [0.4, 0.5) is 11.4 Å². The van der Waals surface area contributed by atoms with E-state index in [1.54, 1.807) is 18.2 Å². The highest BCUT2D eigenvalue weighted by molar-refractivity contribution is 7.92. The molecule has 0 aliphatic rings.